The fourth-order valence-corrected chi connectivity index (χ4v) is 4.41. The van der Waals surface area contributed by atoms with Crippen molar-refractivity contribution in [2.24, 2.45) is 0 Å². The molecule has 7 nitrogen and oxygen atoms in total. The van der Waals surface area contributed by atoms with Gasteiger partial charge in [-0.05, 0) is 37.1 Å². The molecule has 0 bridgehead atoms. The summed E-state index contributed by atoms with van der Waals surface area (Å²) in [5.74, 6) is 0.0791. The van der Waals surface area contributed by atoms with Crippen LogP contribution < -0.4 is 10.9 Å². The van der Waals surface area contributed by atoms with Crippen molar-refractivity contribution in [2.45, 2.75) is 30.7 Å². The Morgan fingerprint density at radius 3 is 2.61 bits per heavy atom. The molecule has 158 valence electrons. The zero-order chi connectivity index (χ0) is 21.8. The van der Waals surface area contributed by atoms with Crippen LogP contribution in [-0.4, -0.2) is 27.5 Å². The van der Waals surface area contributed by atoms with E-state index in [1.54, 1.807) is 38.4 Å². The lowest BCUT2D eigenvalue weighted by atomic mass is 9.83. The number of thioether (sulfide) groups is 1. The number of allylic oxidation sites excluding steroid dienone is 1. The van der Waals surface area contributed by atoms with Crippen LogP contribution >= 0.6 is 11.8 Å². The van der Waals surface area contributed by atoms with E-state index in [0.29, 0.717) is 33.6 Å². The number of carbonyl (C=O) groups is 1. The first kappa shape index (κ1) is 20.9. The summed E-state index contributed by atoms with van der Waals surface area (Å²) in [6.45, 7) is 3.79. The van der Waals surface area contributed by atoms with Gasteiger partial charge in [0, 0.05) is 23.8 Å². The molecule has 0 amide bonds. The van der Waals surface area contributed by atoms with E-state index >= 15 is 0 Å². The van der Waals surface area contributed by atoms with Crippen LogP contribution in [0.4, 0.5) is 5.82 Å². The lowest BCUT2D eigenvalue weighted by Gasteiger charge is -2.28. The molecule has 31 heavy (non-hydrogen) atoms. The van der Waals surface area contributed by atoms with Crippen molar-refractivity contribution in [1.29, 1.82) is 0 Å². The third kappa shape index (κ3) is 4.39. The number of anilines is 1. The molecule has 4 rings (SSSR count). The molecule has 3 aromatic rings. The summed E-state index contributed by atoms with van der Waals surface area (Å²) in [4.78, 5) is 37.5. The molecule has 0 radical (unpaired) electrons. The van der Waals surface area contributed by atoms with Crippen molar-refractivity contribution in [2.75, 3.05) is 11.9 Å². The number of rotatable bonds is 6. The van der Waals surface area contributed by atoms with Gasteiger partial charge in [0.05, 0.1) is 23.7 Å². The average Bonchev–Trinajstić information content (AvgIpc) is 2.78. The van der Waals surface area contributed by atoms with Gasteiger partial charge in [-0.15, -0.1) is 0 Å². The Morgan fingerprint density at radius 2 is 1.90 bits per heavy atom. The number of fused-ring (bicyclic) bond motifs is 1. The molecule has 3 heterocycles. The highest BCUT2D eigenvalue weighted by Gasteiger charge is 2.36. The van der Waals surface area contributed by atoms with Gasteiger partial charge in [-0.3, -0.25) is 9.78 Å². The number of aromatic nitrogens is 3. The number of hydrogen-bond donors (Lipinski definition) is 2. The quantitative estimate of drug-likeness (QED) is 0.345. The number of carbonyl (C=O) groups excluding carboxylic acids is 1. The summed E-state index contributed by atoms with van der Waals surface area (Å²) >= 11 is 1.45. The van der Waals surface area contributed by atoms with Crippen LogP contribution in [0.1, 0.15) is 36.5 Å². The van der Waals surface area contributed by atoms with Gasteiger partial charge in [0.1, 0.15) is 5.82 Å². The van der Waals surface area contributed by atoms with E-state index in [-0.39, 0.29) is 12.2 Å². The maximum absolute atomic E-state index is 13.2. The number of aromatic amines is 1. The normalized spacial score (nSPS) is 15.2. The van der Waals surface area contributed by atoms with Crippen molar-refractivity contribution in [1.82, 2.24) is 15.0 Å². The highest BCUT2D eigenvalue weighted by Crippen LogP contribution is 2.40. The van der Waals surface area contributed by atoms with E-state index in [0.717, 1.165) is 11.1 Å². The second kappa shape index (κ2) is 9.18. The van der Waals surface area contributed by atoms with E-state index in [2.05, 4.69) is 20.3 Å². The van der Waals surface area contributed by atoms with Crippen LogP contribution in [0.3, 0.4) is 0 Å². The molecule has 1 aromatic carbocycles. The van der Waals surface area contributed by atoms with Crippen molar-refractivity contribution in [3.63, 3.8) is 0 Å². The van der Waals surface area contributed by atoms with E-state index in [4.69, 9.17) is 4.74 Å². The fourth-order valence-electron chi connectivity index (χ4n) is 3.59. The van der Waals surface area contributed by atoms with Gasteiger partial charge in [-0.1, -0.05) is 42.1 Å². The molecule has 0 unspecified atom stereocenters. The first-order valence-electron chi connectivity index (χ1n) is 9.94. The molecule has 0 spiro atoms. The molecule has 8 heteroatoms. The summed E-state index contributed by atoms with van der Waals surface area (Å²) in [6.07, 6.45) is 3.28. The van der Waals surface area contributed by atoms with E-state index in [9.17, 15) is 9.59 Å². The predicted molar refractivity (Wildman–Crippen MR) is 120 cm³/mol. The number of H-pyrrole nitrogens is 1. The van der Waals surface area contributed by atoms with Crippen molar-refractivity contribution >= 4 is 23.5 Å². The molecule has 1 atom stereocenters. The lowest BCUT2D eigenvalue weighted by Crippen LogP contribution is -2.31. The largest absolute Gasteiger partial charge is 0.463 e. The summed E-state index contributed by atoms with van der Waals surface area (Å²) in [7, 11) is 0. The van der Waals surface area contributed by atoms with Crippen molar-refractivity contribution in [3.8, 4) is 0 Å². The van der Waals surface area contributed by atoms with Crippen molar-refractivity contribution in [3.05, 3.63) is 93.2 Å². The first-order valence-corrected chi connectivity index (χ1v) is 10.9. The Labute approximate surface area is 184 Å². The minimum Gasteiger partial charge on any atom is -0.463 e. The number of nitrogens with one attached hydrogen (secondary N) is 2. The number of ether oxygens (including phenoxy) is 1. The third-order valence-corrected chi connectivity index (χ3v) is 5.92. The lowest BCUT2D eigenvalue weighted by molar-refractivity contribution is -0.138. The molecular weight excluding hydrogens is 412 g/mol. The summed E-state index contributed by atoms with van der Waals surface area (Å²) < 4.78 is 5.28. The maximum atomic E-state index is 13.2. The Balaban J connectivity index is 1.75. The summed E-state index contributed by atoms with van der Waals surface area (Å²) in [5.41, 5.74) is 3.03. The molecule has 2 aromatic heterocycles. The second-order valence-electron chi connectivity index (χ2n) is 7.01. The Hall–Kier alpha value is -3.39. The first-order chi connectivity index (χ1) is 15.1. The van der Waals surface area contributed by atoms with Crippen LogP contribution in [0, 0.1) is 0 Å². The monoisotopic (exact) mass is 434 g/mol. The zero-order valence-electron chi connectivity index (χ0n) is 17.2. The topological polar surface area (TPSA) is 97.0 Å². The van der Waals surface area contributed by atoms with Crippen LogP contribution in [0.15, 0.2) is 76.1 Å². The van der Waals surface area contributed by atoms with Crippen LogP contribution in [0.25, 0.3) is 0 Å². The molecular formula is C23H22N4O3S. The molecule has 0 fully saturated rings. The molecule has 0 saturated carbocycles. The highest BCUT2D eigenvalue weighted by atomic mass is 32.2. The predicted octanol–water partition coefficient (Wildman–Crippen LogP) is 3.85. The smallest absolute Gasteiger partial charge is 0.336 e. The highest BCUT2D eigenvalue weighted by molar-refractivity contribution is 7.98. The second-order valence-corrected chi connectivity index (χ2v) is 7.97. The van der Waals surface area contributed by atoms with Crippen molar-refractivity contribution < 1.29 is 9.53 Å². The van der Waals surface area contributed by atoms with Gasteiger partial charge in [0.15, 0.2) is 5.16 Å². The average molecular weight is 435 g/mol. The Kier molecular flexibility index (Phi) is 6.18. The Bertz CT molecular complexity index is 1180. The molecule has 0 aliphatic carbocycles. The van der Waals surface area contributed by atoms with Crippen LogP contribution in [0.2, 0.25) is 0 Å². The molecule has 0 saturated heterocycles. The van der Waals surface area contributed by atoms with E-state index in [1.807, 2.05) is 30.3 Å². The molecule has 1 aliphatic heterocycles. The van der Waals surface area contributed by atoms with Gasteiger partial charge in [0.25, 0.3) is 5.56 Å². The van der Waals surface area contributed by atoms with Gasteiger partial charge >= 0.3 is 5.97 Å². The van der Waals surface area contributed by atoms with Crippen LogP contribution in [-0.2, 0) is 15.3 Å². The number of hydrogen-bond acceptors (Lipinski definition) is 7. The van der Waals surface area contributed by atoms with E-state index < -0.39 is 11.9 Å². The fraction of sp³-hybridized carbons (Fsp3) is 0.217. The van der Waals surface area contributed by atoms with E-state index in [1.165, 1.54) is 11.8 Å². The van der Waals surface area contributed by atoms with Gasteiger partial charge < -0.3 is 15.0 Å². The van der Waals surface area contributed by atoms with Gasteiger partial charge in [-0.2, -0.15) is 0 Å². The summed E-state index contributed by atoms with van der Waals surface area (Å²) in [6, 6.07) is 13.6. The van der Waals surface area contributed by atoms with Gasteiger partial charge in [-0.25, -0.2) is 9.78 Å². The Morgan fingerprint density at radius 1 is 1.16 bits per heavy atom. The SMILES string of the molecule is CCOC(=O)C1=C(C)Nc2nc(SCc3ccccc3)[nH]c(=O)c2[C@H]1c1ccncc1. The minimum atomic E-state index is -0.595. The van der Waals surface area contributed by atoms with Gasteiger partial charge in [0.2, 0.25) is 0 Å². The minimum absolute atomic E-state index is 0.245. The molecule has 2 N–H and O–H groups in total. The number of nitrogens with zero attached hydrogens (tertiary/aromatic N) is 2. The number of benzene rings is 1. The van der Waals surface area contributed by atoms with Crippen LogP contribution in [0.5, 0.6) is 0 Å². The standard InChI is InChI=1S/C23H22N4O3S/c1-3-30-22(29)17-14(2)25-20-19(18(17)16-9-11-24-12-10-16)21(28)27-23(26-20)31-13-15-7-5-4-6-8-15/h4-12,18H,3,13H2,1-2H3,(H2,25,26,27,28)/t18-/m0/s1. The molecule has 1 aliphatic rings. The number of pyridine rings is 1. The maximum Gasteiger partial charge on any atom is 0.336 e. The number of esters is 1. The zero-order valence-corrected chi connectivity index (χ0v) is 18.0. The third-order valence-electron chi connectivity index (χ3n) is 4.97. The summed E-state index contributed by atoms with van der Waals surface area (Å²) in [5, 5.41) is 3.66.